The van der Waals surface area contributed by atoms with Crippen LogP contribution in [0.4, 0.5) is 5.82 Å². The first-order valence-corrected chi connectivity index (χ1v) is 8.95. The van der Waals surface area contributed by atoms with E-state index in [0.717, 1.165) is 17.7 Å². The molecule has 6 nitrogen and oxygen atoms in total. The maximum Gasteiger partial charge on any atom is 0.337 e. The van der Waals surface area contributed by atoms with Crippen molar-refractivity contribution < 1.29 is 0 Å². The lowest BCUT2D eigenvalue weighted by atomic mass is 10.1. The first-order valence-electron chi connectivity index (χ1n) is 8.57. The summed E-state index contributed by atoms with van der Waals surface area (Å²) in [6.45, 7) is 0.151. The summed E-state index contributed by atoms with van der Waals surface area (Å²) in [4.78, 5) is 30.5. The molecule has 4 rings (SSSR count). The highest BCUT2D eigenvalue weighted by atomic mass is 35.5. The van der Waals surface area contributed by atoms with E-state index in [4.69, 9.17) is 17.3 Å². The number of nitrogen functional groups attached to an aromatic ring is 1. The van der Waals surface area contributed by atoms with Crippen molar-refractivity contribution in [2.75, 3.05) is 5.73 Å². The molecule has 0 aliphatic heterocycles. The van der Waals surface area contributed by atoms with Crippen LogP contribution in [0.2, 0.25) is 5.02 Å². The van der Waals surface area contributed by atoms with Gasteiger partial charge in [-0.3, -0.25) is 9.36 Å². The molecule has 136 valence electrons. The predicted molar refractivity (Wildman–Crippen MR) is 108 cm³/mol. The van der Waals surface area contributed by atoms with Crippen molar-refractivity contribution in [2.24, 2.45) is 0 Å². The molecule has 0 unspecified atom stereocenters. The number of nitrogens with two attached hydrogens (primary N) is 1. The van der Waals surface area contributed by atoms with Crippen LogP contribution in [0, 0.1) is 0 Å². The lowest BCUT2D eigenvalue weighted by Crippen LogP contribution is -2.40. The van der Waals surface area contributed by atoms with Gasteiger partial charge in [0, 0.05) is 10.7 Å². The van der Waals surface area contributed by atoms with Gasteiger partial charge in [0.1, 0.15) is 5.82 Å². The van der Waals surface area contributed by atoms with Gasteiger partial charge in [-0.2, -0.15) is 0 Å². The average molecular weight is 381 g/mol. The Hall–Kier alpha value is -3.12. The summed E-state index contributed by atoms with van der Waals surface area (Å²) in [7, 11) is 0. The second-order valence-electron chi connectivity index (χ2n) is 6.37. The summed E-state index contributed by atoms with van der Waals surface area (Å²) in [6.07, 6.45) is 7.30. The van der Waals surface area contributed by atoms with E-state index in [-0.39, 0.29) is 17.9 Å². The maximum absolute atomic E-state index is 13.2. The third kappa shape index (κ3) is 3.19. The SMILES string of the molecule is Nc1ccc2c(=O)n(Cc3ccc(Cl)cc3)c(=O)n(C3=CC=CCC3)c2n1. The Labute approximate surface area is 159 Å². The molecule has 0 bridgehead atoms. The summed E-state index contributed by atoms with van der Waals surface area (Å²) in [5, 5.41) is 0.953. The van der Waals surface area contributed by atoms with Crippen LogP contribution in [-0.2, 0) is 6.54 Å². The molecule has 2 heterocycles. The fourth-order valence-corrected chi connectivity index (χ4v) is 3.32. The molecular weight excluding hydrogens is 364 g/mol. The Balaban J connectivity index is 1.99. The van der Waals surface area contributed by atoms with Gasteiger partial charge < -0.3 is 5.73 Å². The van der Waals surface area contributed by atoms with Gasteiger partial charge >= 0.3 is 5.69 Å². The van der Waals surface area contributed by atoms with Crippen LogP contribution < -0.4 is 17.0 Å². The normalized spacial score (nSPS) is 13.7. The minimum Gasteiger partial charge on any atom is -0.384 e. The molecule has 1 aliphatic carbocycles. The Bertz CT molecular complexity index is 1200. The molecule has 1 aromatic carbocycles. The molecule has 1 aliphatic rings. The van der Waals surface area contributed by atoms with E-state index in [0.29, 0.717) is 22.5 Å². The van der Waals surface area contributed by atoms with E-state index in [9.17, 15) is 9.59 Å². The molecule has 0 fully saturated rings. The molecule has 2 aromatic heterocycles. The van der Waals surface area contributed by atoms with Crippen LogP contribution in [0.1, 0.15) is 18.4 Å². The molecule has 3 aromatic rings. The number of hydrogen-bond acceptors (Lipinski definition) is 4. The van der Waals surface area contributed by atoms with Crippen LogP contribution in [0.15, 0.2) is 64.2 Å². The third-order valence-corrected chi connectivity index (χ3v) is 4.79. The Morgan fingerprint density at radius 3 is 2.59 bits per heavy atom. The number of hydrogen-bond donors (Lipinski definition) is 1. The Morgan fingerprint density at radius 1 is 1.11 bits per heavy atom. The van der Waals surface area contributed by atoms with Gasteiger partial charge in [-0.25, -0.2) is 14.3 Å². The number of halogens is 1. The summed E-state index contributed by atoms with van der Waals surface area (Å²) in [5.74, 6) is 0.262. The van der Waals surface area contributed by atoms with Gasteiger partial charge in [-0.15, -0.1) is 0 Å². The van der Waals surface area contributed by atoms with Crippen LogP contribution in [0.3, 0.4) is 0 Å². The molecule has 0 atom stereocenters. The number of pyridine rings is 1. The molecule has 0 saturated carbocycles. The highest BCUT2D eigenvalue weighted by Crippen LogP contribution is 2.20. The smallest absolute Gasteiger partial charge is 0.337 e. The highest BCUT2D eigenvalue weighted by Gasteiger charge is 2.18. The quantitative estimate of drug-likeness (QED) is 0.757. The molecule has 0 saturated heterocycles. The number of anilines is 1. The van der Waals surface area contributed by atoms with Gasteiger partial charge in [0.2, 0.25) is 0 Å². The van der Waals surface area contributed by atoms with Crippen molar-refractivity contribution >= 4 is 34.1 Å². The first-order chi connectivity index (χ1) is 13.0. The van der Waals surface area contributed by atoms with Crippen molar-refractivity contribution in [3.8, 4) is 0 Å². The Morgan fingerprint density at radius 2 is 1.89 bits per heavy atom. The number of allylic oxidation sites excluding steroid dienone is 4. The van der Waals surface area contributed by atoms with Crippen LogP contribution in [0.25, 0.3) is 16.7 Å². The molecule has 2 N–H and O–H groups in total. The second-order valence-corrected chi connectivity index (χ2v) is 6.80. The number of benzene rings is 1. The topological polar surface area (TPSA) is 82.9 Å². The molecule has 0 spiro atoms. The molecular formula is C20H17ClN4O2. The first kappa shape index (κ1) is 17.3. The van der Waals surface area contributed by atoms with E-state index in [1.54, 1.807) is 36.4 Å². The van der Waals surface area contributed by atoms with Crippen molar-refractivity contribution in [1.82, 2.24) is 14.1 Å². The van der Waals surface area contributed by atoms with Crippen LogP contribution >= 0.6 is 11.6 Å². The summed E-state index contributed by atoms with van der Waals surface area (Å²) in [6, 6.07) is 10.3. The average Bonchev–Trinajstić information content (AvgIpc) is 2.67. The third-order valence-electron chi connectivity index (χ3n) is 4.54. The number of aromatic nitrogens is 3. The number of fused-ring (bicyclic) bond motifs is 1. The summed E-state index contributed by atoms with van der Waals surface area (Å²) < 4.78 is 2.72. The minimum absolute atomic E-state index is 0.151. The van der Waals surface area contributed by atoms with E-state index in [2.05, 4.69) is 4.98 Å². The molecule has 7 heteroatoms. The van der Waals surface area contributed by atoms with Crippen molar-refractivity contribution in [2.45, 2.75) is 19.4 Å². The Kier molecular flexibility index (Phi) is 4.41. The van der Waals surface area contributed by atoms with E-state index >= 15 is 0 Å². The lowest BCUT2D eigenvalue weighted by Gasteiger charge is -2.17. The predicted octanol–water partition coefficient (Wildman–Crippen LogP) is 3.03. The van der Waals surface area contributed by atoms with Gasteiger partial charge in [0.05, 0.1) is 11.9 Å². The van der Waals surface area contributed by atoms with E-state index < -0.39 is 5.69 Å². The van der Waals surface area contributed by atoms with Gasteiger partial charge in [0.15, 0.2) is 5.65 Å². The van der Waals surface area contributed by atoms with Crippen molar-refractivity contribution in [1.29, 1.82) is 0 Å². The fourth-order valence-electron chi connectivity index (χ4n) is 3.19. The number of nitrogens with zero attached hydrogens (tertiary/aromatic N) is 3. The van der Waals surface area contributed by atoms with Crippen molar-refractivity contribution in [3.63, 3.8) is 0 Å². The summed E-state index contributed by atoms with van der Waals surface area (Å²) in [5.41, 5.74) is 6.89. The van der Waals surface area contributed by atoms with Crippen molar-refractivity contribution in [3.05, 3.63) is 86.1 Å². The van der Waals surface area contributed by atoms with Crippen LogP contribution in [0.5, 0.6) is 0 Å². The van der Waals surface area contributed by atoms with Gasteiger partial charge in [0.25, 0.3) is 5.56 Å². The largest absolute Gasteiger partial charge is 0.384 e. The lowest BCUT2D eigenvalue weighted by molar-refractivity contribution is 0.680. The molecule has 27 heavy (non-hydrogen) atoms. The zero-order valence-corrected chi connectivity index (χ0v) is 15.2. The van der Waals surface area contributed by atoms with Crippen LogP contribution in [-0.4, -0.2) is 14.1 Å². The van der Waals surface area contributed by atoms with E-state index in [1.807, 2.05) is 18.2 Å². The zero-order valence-electron chi connectivity index (χ0n) is 14.4. The highest BCUT2D eigenvalue weighted by molar-refractivity contribution is 6.30. The number of rotatable bonds is 3. The second kappa shape index (κ2) is 6.89. The standard InChI is InChI=1S/C20H17ClN4O2/c21-14-8-6-13(7-9-14)12-24-19(26)16-10-11-17(22)23-18(16)25(20(24)27)15-4-2-1-3-5-15/h1-2,4,6-11H,3,5,12H2,(H2,22,23). The van der Waals surface area contributed by atoms with Gasteiger partial charge in [-0.1, -0.05) is 35.9 Å². The maximum atomic E-state index is 13.2. The monoisotopic (exact) mass is 380 g/mol. The molecule has 0 radical (unpaired) electrons. The van der Waals surface area contributed by atoms with Gasteiger partial charge in [-0.05, 0) is 48.7 Å². The summed E-state index contributed by atoms with van der Waals surface area (Å²) >= 11 is 5.93. The zero-order chi connectivity index (χ0) is 19.0. The molecule has 0 amide bonds. The van der Waals surface area contributed by atoms with E-state index in [1.165, 1.54) is 9.13 Å². The minimum atomic E-state index is -0.429. The fraction of sp³-hybridized carbons (Fsp3) is 0.150.